The zero-order valence-electron chi connectivity index (χ0n) is 13.5. The van der Waals surface area contributed by atoms with Gasteiger partial charge in [0, 0.05) is 31.9 Å². The minimum Gasteiger partial charge on any atom is -0.459 e. The summed E-state index contributed by atoms with van der Waals surface area (Å²) in [5, 5.41) is 4.46. The van der Waals surface area contributed by atoms with Gasteiger partial charge in [0.1, 0.15) is 11.7 Å². The highest BCUT2D eigenvalue weighted by Gasteiger charge is 2.26. The molecule has 1 atom stereocenters. The highest BCUT2D eigenvalue weighted by molar-refractivity contribution is 5.90. The fourth-order valence-corrected chi connectivity index (χ4v) is 2.70. The summed E-state index contributed by atoms with van der Waals surface area (Å²) in [4.78, 5) is 12.4. The molecule has 118 valence electrons. The molecule has 1 fully saturated rings. The van der Waals surface area contributed by atoms with E-state index in [1.54, 1.807) is 10.9 Å². The van der Waals surface area contributed by atoms with E-state index in [-0.39, 0.29) is 18.0 Å². The van der Waals surface area contributed by atoms with Crippen LogP contribution < -0.4 is 0 Å². The van der Waals surface area contributed by atoms with Crippen molar-refractivity contribution in [3.05, 3.63) is 17.5 Å². The predicted octanol–water partition coefficient (Wildman–Crippen LogP) is 3.00. The minimum atomic E-state index is -0.252. The van der Waals surface area contributed by atoms with Crippen LogP contribution in [0.1, 0.15) is 62.5 Å². The molecule has 0 spiro atoms. The highest BCUT2D eigenvalue weighted by atomic mass is 16.5. The lowest BCUT2D eigenvalue weighted by molar-refractivity contribution is -0.0119. The SMILES string of the molecule is CCn1cc(C(=O)O[C@@H](C)C2CCOCC2)c(C(C)C)n1. The Balaban J connectivity index is 2.06. The number of carbonyl (C=O) groups excluding carboxylic acids is 1. The topological polar surface area (TPSA) is 53.4 Å². The average molecular weight is 294 g/mol. The summed E-state index contributed by atoms with van der Waals surface area (Å²) >= 11 is 0. The molecule has 0 bridgehead atoms. The monoisotopic (exact) mass is 294 g/mol. The second-order valence-corrected chi connectivity index (χ2v) is 6.00. The van der Waals surface area contributed by atoms with E-state index in [1.165, 1.54) is 0 Å². The number of rotatable bonds is 5. The van der Waals surface area contributed by atoms with Crippen molar-refractivity contribution in [3.8, 4) is 0 Å². The van der Waals surface area contributed by atoms with E-state index in [0.717, 1.165) is 38.3 Å². The Morgan fingerprint density at radius 1 is 1.43 bits per heavy atom. The van der Waals surface area contributed by atoms with Gasteiger partial charge in [-0.25, -0.2) is 4.79 Å². The van der Waals surface area contributed by atoms with Gasteiger partial charge in [-0.15, -0.1) is 0 Å². The van der Waals surface area contributed by atoms with Crippen molar-refractivity contribution < 1.29 is 14.3 Å². The van der Waals surface area contributed by atoms with Crippen LogP contribution >= 0.6 is 0 Å². The van der Waals surface area contributed by atoms with Crippen LogP contribution in [0.4, 0.5) is 0 Å². The smallest absolute Gasteiger partial charge is 0.341 e. The largest absolute Gasteiger partial charge is 0.459 e. The van der Waals surface area contributed by atoms with Gasteiger partial charge in [0.25, 0.3) is 0 Å². The van der Waals surface area contributed by atoms with Crippen molar-refractivity contribution in [2.45, 2.75) is 59.1 Å². The molecular formula is C16H26N2O3. The Hall–Kier alpha value is -1.36. The van der Waals surface area contributed by atoms with E-state index in [1.807, 2.05) is 27.7 Å². The number of aromatic nitrogens is 2. The Morgan fingerprint density at radius 2 is 2.10 bits per heavy atom. The maximum absolute atomic E-state index is 12.4. The van der Waals surface area contributed by atoms with Crippen molar-refractivity contribution in [2.24, 2.45) is 5.92 Å². The number of aryl methyl sites for hydroxylation is 1. The van der Waals surface area contributed by atoms with Crippen molar-refractivity contribution in [1.82, 2.24) is 9.78 Å². The molecule has 1 aromatic heterocycles. The quantitative estimate of drug-likeness (QED) is 0.783. The lowest BCUT2D eigenvalue weighted by Crippen LogP contribution is -2.29. The third-order valence-electron chi connectivity index (χ3n) is 4.10. The molecule has 2 heterocycles. The average Bonchev–Trinajstić information content (AvgIpc) is 2.92. The van der Waals surface area contributed by atoms with Crippen molar-refractivity contribution in [1.29, 1.82) is 0 Å². The third kappa shape index (κ3) is 3.84. The number of hydrogen-bond donors (Lipinski definition) is 0. The van der Waals surface area contributed by atoms with Crippen molar-refractivity contribution >= 4 is 5.97 Å². The number of nitrogens with zero attached hydrogens (tertiary/aromatic N) is 2. The molecule has 0 aromatic carbocycles. The van der Waals surface area contributed by atoms with Crippen molar-refractivity contribution in [3.63, 3.8) is 0 Å². The van der Waals surface area contributed by atoms with E-state index in [2.05, 4.69) is 5.10 Å². The summed E-state index contributed by atoms with van der Waals surface area (Å²) in [6, 6.07) is 0. The first-order valence-electron chi connectivity index (χ1n) is 7.89. The molecular weight excluding hydrogens is 268 g/mol. The van der Waals surface area contributed by atoms with Gasteiger partial charge in [-0.3, -0.25) is 4.68 Å². The highest BCUT2D eigenvalue weighted by Crippen LogP contribution is 2.24. The second-order valence-electron chi connectivity index (χ2n) is 6.00. The van der Waals surface area contributed by atoms with E-state index >= 15 is 0 Å². The molecule has 0 unspecified atom stereocenters. The summed E-state index contributed by atoms with van der Waals surface area (Å²) < 4.78 is 12.8. The molecule has 2 rings (SSSR count). The van der Waals surface area contributed by atoms with Crippen LogP contribution in [0.25, 0.3) is 0 Å². The molecule has 1 aliphatic rings. The summed E-state index contributed by atoms with van der Waals surface area (Å²) in [7, 11) is 0. The summed E-state index contributed by atoms with van der Waals surface area (Å²) in [6.07, 6.45) is 3.64. The van der Waals surface area contributed by atoms with Crippen LogP contribution in [0.2, 0.25) is 0 Å². The number of esters is 1. The van der Waals surface area contributed by atoms with E-state index in [9.17, 15) is 4.79 Å². The lowest BCUT2D eigenvalue weighted by atomic mass is 9.95. The fraction of sp³-hybridized carbons (Fsp3) is 0.750. The van der Waals surface area contributed by atoms with E-state index in [4.69, 9.17) is 9.47 Å². The molecule has 0 aliphatic carbocycles. The molecule has 1 aliphatic heterocycles. The standard InChI is InChI=1S/C16H26N2O3/c1-5-18-10-14(15(17-18)11(2)3)16(19)21-12(4)13-6-8-20-9-7-13/h10-13H,5-9H2,1-4H3/t12-/m0/s1. The van der Waals surface area contributed by atoms with Gasteiger partial charge in [-0.2, -0.15) is 5.10 Å². The van der Waals surface area contributed by atoms with Crippen LogP contribution in [-0.2, 0) is 16.0 Å². The number of hydrogen-bond acceptors (Lipinski definition) is 4. The molecule has 5 heteroatoms. The maximum atomic E-state index is 12.4. The van der Waals surface area contributed by atoms with Gasteiger partial charge < -0.3 is 9.47 Å². The molecule has 0 amide bonds. The Kier molecular flexibility index (Phi) is 5.39. The fourth-order valence-electron chi connectivity index (χ4n) is 2.70. The zero-order valence-corrected chi connectivity index (χ0v) is 13.5. The second kappa shape index (κ2) is 7.07. The molecule has 5 nitrogen and oxygen atoms in total. The van der Waals surface area contributed by atoms with E-state index in [0.29, 0.717) is 11.5 Å². The first-order valence-corrected chi connectivity index (χ1v) is 7.89. The molecule has 0 N–H and O–H groups in total. The number of ether oxygens (including phenoxy) is 2. The molecule has 21 heavy (non-hydrogen) atoms. The van der Waals surface area contributed by atoms with Crippen LogP contribution in [0.3, 0.4) is 0 Å². The van der Waals surface area contributed by atoms with Gasteiger partial charge in [0.05, 0.1) is 5.69 Å². The molecule has 1 saturated heterocycles. The van der Waals surface area contributed by atoms with Gasteiger partial charge >= 0.3 is 5.97 Å². The van der Waals surface area contributed by atoms with Gasteiger partial charge in [0.15, 0.2) is 0 Å². The predicted molar refractivity (Wildman–Crippen MR) is 80.4 cm³/mol. The third-order valence-corrected chi connectivity index (χ3v) is 4.10. The normalized spacial score (nSPS) is 18.0. The van der Waals surface area contributed by atoms with Crippen LogP contribution in [0, 0.1) is 5.92 Å². The van der Waals surface area contributed by atoms with Gasteiger partial charge in [-0.05, 0) is 32.6 Å². The molecule has 0 saturated carbocycles. The Morgan fingerprint density at radius 3 is 2.67 bits per heavy atom. The minimum absolute atomic E-state index is 0.0774. The number of carbonyl (C=O) groups is 1. The Bertz CT molecular complexity index is 476. The van der Waals surface area contributed by atoms with Crippen molar-refractivity contribution in [2.75, 3.05) is 13.2 Å². The maximum Gasteiger partial charge on any atom is 0.341 e. The summed E-state index contributed by atoms with van der Waals surface area (Å²) in [5.41, 5.74) is 1.42. The van der Waals surface area contributed by atoms with Gasteiger partial charge in [0.2, 0.25) is 0 Å². The first kappa shape index (κ1) is 16.0. The lowest BCUT2D eigenvalue weighted by Gasteiger charge is -2.27. The zero-order chi connectivity index (χ0) is 15.4. The van der Waals surface area contributed by atoms with E-state index < -0.39 is 0 Å². The van der Waals surface area contributed by atoms with Gasteiger partial charge in [-0.1, -0.05) is 13.8 Å². The first-order chi connectivity index (χ1) is 10.0. The summed E-state index contributed by atoms with van der Waals surface area (Å²) in [6.45, 7) is 10.4. The molecule has 0 radical (unpaired) electrons. The Labute approximate surface area is 126 Å². The molecule has 1 aromatic rings. The van der Waals surface area contributed by atoms with Crippen LogP contribution in [-0.4, -0.2) is 35.1 Å². The van der Waals surface area contributed by atoms with Crippen LogP contribution in [0.15, 0.2) is 6.20 Å². The summed E-state index contributed by atoms with van der Waals surface area (Å²) in [5.74, 6) is 0.350. The van der Waals surface area contributed by atoms with Crippen LogP contribution in [0.5, 0.6) is 0 Å².